The van der Waals surface area contributed by atoms with Crippen molar-refractivity contribution >= 4 is 26.3 Å². The fourth-order valence-electron chi connectivity index (χ4n) is 2.70. The molecule has 0 aromatic rings. The molecule has 1 N–H and O–H groups in total. The summed E-state index contributed by atoms with van der Waals surface area (Å²) in [5.41, 5.74) is -5.82. The molecule has 22 heavy (non-hydrogen) atoms. The summed E-state index contributed by atoms with van der Waals surface area (Å²) >= 11 is 0. The molecular weight excluding hydrogens is 359 g/mol. The Morgan fingerprint density at radius 1 is 1.18 bits per heavy atom. The van der Waals surface area contributed by atoms with Gasteiger partial charge in [0, 0.05) is 0 Å². The highest BCUT2D eigenvalue weighted by molar-refractivity contribution is 8.03. The second kappa shape index (κ2) is 4.53. The van der Waals surface area contributed by atoms with E-state index in [2.05, 4.69) is 4.18 Å². The van der Waals surface area contributed by atoms with Crippen molar-refractivity contribution in [2.24, 2.45) is 5.92 Å². The van der Waals surface area contributed by atoms with Crippen molar-refractivity contribution in [3.05, 3.63) is 0 Å². The predicted octanol–water partition coefficient (Wildman–Crippen LogP) is -1.23. The van der Waals surface area contributed by atoms with E-state index in [-0.39, 0.29) is 6.42 Å². The van der Waals surface area contributed by atoms with Gasteiger partial charge in [-0.3, -0.25) is 4.79 Å². The van der Waals surface area contributed by atoms with E-state index < -0.39 is 62.1 Å². The summed E-state index contributed by atoms with van der Waals surface area (Å²) in [6, 6.07) is 0. The van der Waals surface area contributed by atoms with E-state index in [4.69, 9.17) is 9.47 Å². The first kappa shape index (κ1) is 15.9. The molecular formula is C8H8F3NO8S2. The maximum atomic E-state index is 12.2. The van der Waals surface area contributed by atoms with Crippen LogP contribution in [0.2, 0.25) is 0 Å². The zero-order valence-corrected chi connectivity index (χ0v) is 11.9. The van der Waals surface area contributed by atoms with Gasteiger partial charge in [0.15, 0.2) is 6.10 Å². The SMILES string of the molecule is O=C1OC2C(OS(=O)(=O)NS(=O)(=O)C(F)(F)F)C3C[C@H]1C2O3. The summed E-state index contributed by atoms with van der Waals surface area (Å²) < 4.78 is 96.0. The molecule has 3 aliphatic heterocycles. The van der Waals surface area contributed by atoms with Crippen LogP contribution >= 0.6 is 0 Å². The number of alkyl halides is 3. The summed E-state index contributed by atoms with van der Waals surface area (Å²) in [5.74, 6) is -1.18. The van der Waals surface area contributed by atoms with Gasteiger partial charge in [0.05, 0.1) is 12.0 Å². The Balaban J connectivity index is 1.75. The Labute approximate surface area is 122 Å². The number of fused-ring (bicyclic) bond motifs is 1. The topological polar surface area (TPSA) is 125 Å². The van der Waals surface area contributed by atoms with Gasteiger partial charge in [0.1, 0.15) is 12.2 Å². The molecule has 3 aliphatic rings. The molecule has 0 amide bonds. The van der Waals surface area contributed by atoms with Gasteiger partial charge in [-0.25, -0.2) is 12.6 Å². The lowest BCUT2D eigenvalue weighted by Gasteiger charge is -2.21. The maximum Gasteiger partial charge on any atom is 0.512 e. The number of rotatable bonds is 4. The normalized spacial score (nSPS) is 37.6. The molecule has 9 nitrogen and oxygen atoms in total. The van der Waals surface area contributed by atoms with Gasteiger partial charge in [0.2, 0.25) is 0 Å². The zero-order valence-electron chi connectivity index (χ0n) is 10.3. The van der Waals surface area contributed by atoms with Crippen molar-refractivity contribution in [2.75, 3.05) is 0 Å². The molecule has 0 aromatic carbocycles. The third-order valence-electron chi connectivity index (χ3n) is 3.54. The van der Waals surface area contributed by atoms with Crippen LogP contribution in [0.5, 0.6) is 0 Å². The Kier molecular flexibility index (Phi) is 3.28. The standard InChI is InChI=1S/C8H8F3NO8S2/c9-8(10,11)21(14,15)12-22(16,17)20-5-3-1-2-4(18-3)6(5)19-7(2)13/h2-6,12H,1H2/t2-,3?,4?,5?,6?/m0/s1. The molecule has 126 valence electrons. The molecule has 3 fully saturated rings. The minimum Gasteiger partial charge on any atom is -0.456 e. The summed E-state index contributed by atoms with van der Waals surface area (Å²) in [4.78, 5) is 11.4. The Morgan fingerprint density at radius 2 is 1.82 bits per heavy atom. The third-order valence-corrected chi connectivity index (χ3v) is 6.32. The third kappa shape index (κ3) is 2.38. The molecule has 3 heterocycles. The van der Waals surface area contributed by atoms with Crippen molar-refractivity contribution in [2.45, 2.75) is 36.3 Å². The number of hydrogen-bond acceptors (Lipinski definition) is 8. The summed E-state index contributed by atoms with van der Waals surface area (Å²) in [6.45, 7) is 0. The molecule has 0 saturated carbocycles. The fraction of sp³-hybridized carbons (Fsp3) is 0.875. The maximum absolute atomic E-state index is 12.2. The van der Waals surface area contributed by atoms with Gasteiger partial charge < -0.3 is 9.47 Å². The van der Waals surface area contributed by atoms with Crippen LogP contribution in [-0.2, 0) is 38.8 Å². The van der Waals surface area contributed by atoms with Crippen molar-refractivity contribution in [1.29, 1.82) is 0 Å². The van der Waals surface area contributed by atoms with Crippen LogP contribution in [0.25, 0.3) is 0 Å². The van der Waals surface area contributed by atoms with Crippen LogP contribution in [0.15, 0.2) is 0 Å². The zero-order chi connectivity index (χ0) is 16.5. The molecule has 3 saturated heterocycles. The van der Waals surface area contributed by atoms with Gasteiger partial charge >= 0.3 is 31.8 Å². The summed E-state index contributed by atoms with van der Waals surface area (Å²) in [7, 11) is -11.4. The first-order chi connectivity index (χ1) is 9.91. The van der Waals surface area contributed by atoms with E-state index in [9.17, 15) is 34.8 Å². The number of ether oxygens (including phenoxy) is 2. The Bertz CT molecular complexity index is 716. The highest BCUT2D eigenvalue weighted by Crippen LogP contribution is 2.47. The molecule has 2 bridgehead atoms. The quantitative estimate of drug-likeness (QED) is 0.612. The highest BCUT2D eigenvalue weighted by atomic mass is 32.3. The van der Waals surface area contributed by atoms with E-state index in [1.807, 2.05) is 0 Å². The molecule has 5 atom stereocenters. The van der Waals surface area contributed by atoms with Crippen molar-refractivity contribution < 1.29 is 48.5 Å². The fourth-order valence-corrected chi connectivity index (χ4v) is 4.84. The minimum absolute atomic E-state index is 0.0895. The molecule has 0 spiro atoms. The number of carbonyl (C=O) groups is 1. The van der Waals surface area contributed by atoms with E-state index in [1.165, 1.54) is 0 Å². The average molecular weight is 367 g/mol. The van der Waals surface area contributed by atoms with Crippen molar-refractivity contribution in [1.82, 2.24) is 4.13 Å². The highest BCUT2D eigenvalue weighted by Gasteiger charge is 2.65. The van der Waals surface area contributed by atoms with Gasteiger partial charge in [-0.15, -0.1) is 0 Å². The molecule has 0 radical (unpaired) electrons. The van der Waals surface area contributed by atoms with Crippen molar-refractivity contribution in [3.63, 3.8) is 0 Å². The number of nitrogens with one attached hydrogen (secondary N) is 1. The molecule has 3 rings (SSSR count). The first-order valence-corrected chi connectivity index (χ1v) is 8.69. The van der Waals surface area contributed by atoms with Crippen LogP contribution in [0, 0.1) is 5.92 Å². The minimum atomic E-state index is -6.15. The number of hydrogen-bond donors (Lipinski definition) is 1. The van der Waals surface area contributed by atoms with Crippen LogP contribution in [0.3, 0.4) is 0 Å². The van der Waals surface area contributed by atoms with Gasteiger partial charge in [-0.2, -0.15) is 21.6 Å². The lowest BCUT2D eigenvalue weighted by Crippen LogP contribution is -2.46. The molecule has 4 unspecified atom stereocenters. The van der Waals surface area contributed by atoms with E-state index in [0.29, 0.717) is 4.13 Å². The van der Waals surface area contributed by atoms with Crippen LogP contribution < -0.4 is 4.13 Å². The number of esters is 1. The van der Waals surface area contributed by atoms with E-state index >= 15 is 0 Å². The molecule has 0 aromatic heterocycles. The largest absolute Gasteiger partial charge is 0.512 e. The monoisotopic (exact) mass is 367 g/mol. The van der Waals surface area contributed by atoms with Crippen molar-refractivity contribution in [3.8, 4) is 0 Å². The first-order valence-electron chi connectivity index (χ1n) is 5.80. The Hall–Kier alpha value is -0.960. The number of sulfonamides is 1. The number of carbonyl (C=O) groups excluding carboxylic acids is 1. The lowest BCUT2D eigenvalue weighted by molar-refractivity contribution is -0.145. The summed E-state index contributed by atoms with van der Waals surface area (Å²) in [5, 5.41) is 0. The second-order valence-electron chi connectivity index (χ2n) is 4.93. The van der Waals surface area contributed by atoms with E-state index in [1.54, 1.807) is 0 Å². The van der Waals surface area contributed by atoms with Gasteiger partial charge in [-0.05, 0) is 6.42 Å². The van der Waals surface area contributed by atoms with Crippen LogP contribution in [0.1, 0.15) is 6.42 Å². The average Bonchev–Trinajstić information content (AvgIpc) is 2.90. The van der Waals surface area contributed by atoms with Gasteiger partial charge in [0.25, 0.3) is 0 Å². The lowest BCUT2D eigenvalue weighted by atomic mass is 9.88. The summed E-state index contributed by atoms with van der Waals surface area (Å²) in [6.07, 6.45) is -4.02. The molecule has 14 heteroatoms. The predicted molar refractivity (Wildman–Crippen MR) is 58.6 cm³/mol. The van der Waals surface area contributed by atoms with Gasteiger partial charge in [-0.1, -0.05) is 4.13 Å². The van der Waals surface area contributed by atoms with Crippen LogP contribution in [-0.4, -0.2) is 52.7 Å². The molecule has 0 aliphatic carbocycles. The second-order valence-corrected chi connectivity index (χ2v) is 8.17. The van der Waals surface area contributed by atoms with Crippen LogP contribution in [0.4, 0.5) is 13.2 Å². The smallest absolute Gasteiger partial charge is 0.456 e. The number of halogens is 3. The van der Waals surface area contributed by atoms with E-state index in [0.717, 1.165) is 0 Å². The Morgan fingerprint density at radius 3 is 2.41 bits per heavy atom.